The van der Waals surface area contributed by atoms with Gasteiger partial charge in [-0.2, -0.15) is 0 Å². The number of hydrogen-bond acceptors (Lipinski definition) is 5. The molecule has 1 amide bonds. The Morgan fingerprint density at radius 3 is 2.52 bits per heavy atom. The monoisotopic (exact) mass is 392 g/mol. The first kappa shape index (κ1) is 22.2. The molecule has 0 bridgehead atoms. The van der Waals surface area contributed by atoms with Gasteiger partial charge in [0.05, 0.1) is 12.2 Å². The maximum atomic E-state index is 12.3. The van der Waals surface area contributed by atoms with Gasteiger partial charge in [0.1, 0.15) is 5.76 Å². The summed E-state index contributed by atoms with van der Waals surface area (Å²) < 4.78 is 5.65. The lowest BCUT2D eigenvalue weighted by Crippen LogP contribution is -2.48. The lowest BCUT2D eigenvalue weighted by molar-refractivity contribution is -0.133. The molecule has 6 nitrogen and oxygen atoms in total. The molecule has 1 N–H and O–H groups in total. The number of amides is 1. The van der Waals surface area contributed by atoms with Crippen LogP contribution in [0.25, 0.3) is 0 Å². The number of aryl methyl sites for hydroxylation is 2. The van der Waals surface area contributed by atoms with E-state index >= 15 is 0 Å². The third-order valence-electron chi connectivity index (χ3n) is 5.09. The number of carbonyl (C=O) groups is 1. The van der Waals surface area contributed by atoms with Gasteiger partial charge in [-0.25, -0.2) is 4.98 Å². The van der Waals surface area contributed by atoms with Gasteiger partial charge in [0, 0.05) is 32.6 Å². The van der Waals surface area contributed by atoms with Gasteiger partial charge < -0.3 is 14.6 Å². The second kappa shape index (κ2) is 10.4. The number of nitrogens with one attached hydrogen (secondary N) is 1. The molecule has 0 aliphatic carbocycles. The van der Waals surface area contributed by atoms with Crippen LogP contribution in [0.15, 0.2) is 4.42 Å². The van der Waals surface area contributed by atoms with Gasteiger partial charge in [0.2, 0.25) is 11.8 Å². The van der Waals surface area contributed by atoms with Crippen molar-refractivity contribution in [1.29, 1.82) is 0 Å². The van der Waals surface area contributed by atoms with Crippen LogP contribution in [0.4, 0.5) is 0 Å². The molecule has 2 fully saturated rings. The van der Waals surface area contributed by atoms with Crippen LogP contribution in [-0.2, 0) is 11.3 Å². The molecule has 2 saturated heterocycles. The largest absolute Gasteiger partial charge is 0.444 e. The van der Waals surface area contributed by atoms with Gasteiger partial charge in [-0.3, -0.25) is 9.69 Å². The Balaban J connectivity index is 0.00000156. The Bertz CT molecular complexity index is 519. The van der Waals surface area contributed by atoms with Gasteiger partial charge >= 0.3 is 0 Å². The minimum atomic E-state index is 0. The highest BCUT2D eigenvalue weighted by atomic mass is 35.5. The molecule has 25 heavy (non-hydrogen) atoms. The number of piperazine rings is 1. The molecule has 1 atom stereocenters. The van der Waals surface area contributed by atoms with E-state index in [0.29, 0.717) is 18.2 Å². The summed E-state index contributed by atoms with van der Waals surface area (Å²) >= 11 is 0. The van der Waals surface area contributed by atoms with E-state index in [1.165, 1.54) is 6.42 Å². The highest BCUT2D eigenvalue weighted by molar-refractivity contribution is 5.85. The van der Waals surface area contributed by atoms with E-state index < -0.39 is 0 Å². The Kier molecular flexibility index (Phi) is 9.21. The summed E-state index contributed by atoms with van der Waals surface area (Å²) in [6.07, 6.45) is 2.95. The van der Waals surface area contributed by atoms with Crippen molar-refractivity contribution < 1.29 is 9.21 Å². The third-order valence-corrected chi connectivity index (χ3v) is 5.09. The molecule has 3 rings (SSSR count). The molecule has 1 aromatic rings. The fraction of sp³-hybridized carbons (Fsp3) is 0.765. The van der Waals surface area contributed by atoms with Crippen LogP contribution in [0.3, 0.4) is 0 Å². The number of rotatable bonds is 5. The van der Waals surface area contributed by atoms with Gasteiger partial charge in [-0.15, -0.1) is 24.8 Å². The molecule has 0 radical (unpaired) electrons. The molecule has 1 unspecified atom stereocenters. The van der Waals surface area contributed by atoms with E-state index in [0.717, 1.165) is 69.6 Å². The summed E-state index contributed by atoms with van der Waals surface area (Å²) in [7, 11) is 0. The van der Waals surface area contributed by atoms with E-state index in [1.54, 1.807) is 0 Å². The lowest BCUT2D eigenvalue weighted by Gasteiger charge is -2.34. The molecular formula is C17H30Cl2N4O2. The summed E-state index contributed by atoms with van der Waals surface area (Å²) in [5.41, 5.74) is 0.968. The van der Waals surface area contributed by atoms with Crippen molar-refractivity contribution in [1.82, 2.24) is 20.1 Å². The maximum absolute atomic E-state index is 12.3. The Morgan fingerprint density at radius 1 is 1.24 bits per heavy atom. The topological polar surface area (TPSA) is 61.6 Å². The highest BCUT2D eigenvalue weighted by Crippen LogP contribution is 2.16. The number of aromatic nitrogens is 1. The zero-order valence-electron chi connectivity index (χ0n) is 15.1. The summed E-state index contributed by atoms with van der Waals surface area (Å²) in [4.78, 5) is 21.1. The van der Waals surface area contributed by atoms with Crippen molar-refractivity contribution >= 4 is 30.7 Å². The smallest absolute Gasteiger partial charge is 0.222 e. The lowest BCUT2D eigenvalue weighted by atomic mass is 10.0. The number of hydrogen-bond donors (Lipinski definition) is 1. The zero-order chi connectivity index (χ0) is 16.2. The Morgan fingerprint density at radius 2 is 1.96 bits per heavy atom. The van der Waals surface area contributed by atoms with Crippen LogP contribution in [0.1, 0.15) is 36.6 Å². The van der Waals surface area contributed by atoms with E-state index in [1.807, 2.05) is 18.7 Å². The van der Waals surface area contributed by atoms with E-state index in [2.05, 4.69) is 15.2 Å². The van der Waals surface area contributed by atoms with Crippen molar-refractivity contribution in [3.8, 4) is 0 Å². The van der Waals surface area contributed by atoms with E-state index in [-0.39, 0.29) is 24.8 Å². The molecule has 144 valence electrons. The van der Waals surface area contributed by atoms with Crippen LogP contribution >= 0.6 is 24.8 Å². The molecular weight excluding hydrogens is 363 g/mol. The van der Waals surface area contributed by atoms with Crippen molar-refractivity contribution in [2.75, 3.05) is 39.3 Å². The SMILES string of the molecule is Cc1nc(CN2CCN(C(=O)CCC3CCNC3)CC2)oc1C.Cl.Cl. The van der Waals surface area contributed by atoms with Crippen LogP contribution in [0.5, 0.6) is 0 Å². The molecule has 8 heteroatoms. The van der Waals surface area contributed by atoms with Gasteiger partial charge in [0.25, 0.3) is 0 Å². The zero-order valence-corrected chi connectivity index (χ0v) is 16.8. The van der Waals surface area contributed by atoms with Crippen molar-refractivity contribution in [2.45, 2.75) is 39.7 Å². The quantitative estimate of drug-likeness (QED) is 0.831. The molecule has 0 aromatic carbocycles. The first-order chi connectivity index (χ1) is 11.1. The summed E-state index contributed by atoms with van der Waals surface area (Å²) in [5.74, 6) is 2.69. The molecule has 2 aliphatic rings. The van der Waals surface area contributed by atoms with Crippen molar-refractivity contribution in [3.63, 3.8) is 0 Å². The average molecular weight is 393 g/mol. The van der Waals surface area contributed by atoms with Crippen LogP contribution < -0.4 is 5.32 Å². The minimum Gasteiger partial charge on any atom is -0.444 e. The minimum absolute atomic E-state index is 0. The Labute approximate surface area is 162 Å². The third kappa shape index (κ3) is 6.13. The number of carbonyl (C=O) groups excluding carboxylic acids is 1. The molecule has 1 aromatic heterocycles. The summed E-state index contributed by atoms with van der Waals surface area (Å²) in [5, 5.41) is 3.36. The van der Waals surface area contributed by atoms with Gasteiger partial charge in [-0.05, 0) is 45.7 Å². The fourth-order valence-electron chi connectivity index (χ4n) is 3.40. The number of halogens is 2. The predicted molar refractivity (Wildman–Crippen MR) is 103 cm³/mol. The molecule has 3 heterocycles. The average Bonchev–Trinajstić information content (AvgIpc) is 3.16. The predicted octanol–water partition coefficient (Wildman–Crippen LogP) is 2.17. The first-order valence-electron chi connectivity index (χ1n) is 8.75. The Hall–Kier alpha value is -0.820. The van der Waals surface area contributed by atoms with Crippen molar-refractivity contribution in [3.05, 3.63) is 17.3 Å². The first-order valence-corrected chi connectivity index (χ1v) is 8.75. The van der Waals surface area contributed by atoms with Crippen LogP contribution in [-0.4, -0.2) is 60.0 Å². The highest BCUT2D eigenvalue weighted by Gasteiger charge is 2.23. The summed E-state index contributed by atoms with van der Waals surface area (Å²) in [6.45, 7) is 10.3. The van der Waals surface area contributed by atoms with Gasteiger partial charge in [0.15, 0.2) is 0 Å². The second-order valence-corrected chi connectivity index (χ2v) is 6.80. The molecule has 0 spiro atoms. The van der Waals surface area contributed by atoms with Crippen LogP contribution in [0.2, 0.25) is 0 Å². The normalized spacial score (nSPS) is 20.9. The number of nitrogens with zero attached hydrogens (tertiary/aromatic N) is 3. The molecule has 2 aliphatic heterocycles. The fourth-order valence-corrected chi connectivity index (χ4v) is 3.40. The van der Waals surface area contributed by atoms with E-state index in [4.69, 9.17) is 4.42 Å². The van der Waals surface area contributed by atoms with Gasteiger partial charge in [-0.1, -0.05) is 0 Å². The summed E-state index contributed by atoms with van der Waals surface area (Å²) in [6, 6.07) is 0. The number of oxazole rings is 1. The van der Waals surface area contributed by atoms with E-state index in [9.17, 15) is 4.79 Å². The standard InChI is InChI=1S/C17H28N4O2.2ClH/c1-13-14(2)23-16(19-13)12-20-7-9-21(10-8-20)17(22)4-3-15-5-6-18-11-15;;/h15,18H,3-12H2,1-2H3;2*1H. The second-order valence-electron chi connectivity index (χ2n) is 6.80. The van der Waals surface area contributed by atoms with Crippen molar-refractivity contribution in [2.24, 2.45) is 5.92 Å². The van der Waals surface area contributed by atoms with Crippen LogP contribution in [0, 0.1) is 19.8 Å². The molecule has 0 saturated carbocycles. The maximum Gasteiger partial charge on any atom is 0.222 e.